The van der Waals surface area contributed by atoms with E-state index in [1.165, 1.54) is 6.92 Å². The molecular formula is C28H40O4. The van der Waals surface area contributed by atoms with Crippen LogP contribution in [-0.4, -0.2) is 21.8 Å². The van der Waals surface area contributed by atoms with E-state index in [0.29, 0.717) is 24.3 Å². The first-order valence-electron chi connectivity index (χ1n) is 11.4. The van der Waals surface area contributed by atoms with Crippen LogP contribution in [-0.2, 0) is 33.2 Å². The molecule has 0 atom stereocenters. The summed E-state index contributed by atoms with van der Waals surface area (Å²) in [7, 11) is 0. The SMILES string of the molecule is CC(=O)OC(C)(CCc1ccc(O)c(C(C)(C)C)c1)CCc1ccc(O)c(C(C)(C)C)c1. The van der Waals surface area contributed by atoms with Crippen molar-refractivity contribution in [2.75, 3.05) is 0 Å². The molecule has 0 aliphatic heterocycles. The van der Waals surface area contributed by atoms with Crippen molar-refractivity contribution in [3.63, 3.8) is 0 Å². The molecule has 0 saturated heterocycles. The molecule has 32 heavy (non-hydrogen) atoms. The van der Waals surface area contributed by atoms with Gasteiger partial charge in [-0.2, -0.15) is 0 Å². The van der Waals surface area contributed by atoms with Gasteiger partial charge in [0.1, 0.15) is 17.1 Å². The molecule has 2 rings (SSSR count). The Morgan fingerprint density at radius 1 is 0.750 bits per heavy atom. The van der Waals surface area contributed by atoms with Crippen molar-refractivity contribution >= 4 is 5.97 Å². The Balaban J connectivity index is 2.18. The highest BCUT2D eigenvalue weighted by Crippen LogP contribution is 2.34. The van der Waals surface area contributed by atoms with Crippen LogP contribution in [0.3, 0.4) is 0 Å². The fourth-order valence-electron chi connectivity index (χ4n) is 4.07. The van der Waals surface area contributed by atoms with Crippen molar-refractivity contribution in [3.8, 4) is 11.5 Å². The van der Waals surface area contributed by atoms with Crippen LogP contribution in [0.15, 0.2) is 36.4 Å². The first-order chi connectivity index (χ1) is 14.6. The standard InChI is InChI=1S/C28H40O4/c1-19(29)32-28(8,15-13-20-9-11-24(30)22(17-20)26(2,3)4)16-14-21-10-12-25(31)23(18-21)27(5,6)7/h9-12,17-18,30-31H,13-16H2,1-8H3. The monoisotopic (exact) mass is 440 g/mol. The zero-order valence-corrected chi connectivity index (χ0v) is 21.0. The van der Waals surface area contributed by atoms with E-state index in [-0.39, 0.29) is 16.8 Å². The number of hydrogen-bond acceptors (Lipinski definition) is 4. The van der Waals surface area contributed by atoms with Crippen molar-refractivity contribution in [2.24, 2.45) is 0 Å². The molecule has 4 heteroatoms. The van der Waals surface area contributed by atoms with Gasteiger partial charge in [-0.3, -0.25) is 4.79 Å². The van der Waals surface area contributed by atoms with Gasteiger partial charge in [-0.05, 0) is 77.8 Å². The van der Waals surface area contributed by atoms with Crippen LogP contribution in [0.25, 0.3) is 0 Å². The third kappa shape index (κ3) is 7.01. The zero-order valence-electron chi connectivity index (χ0n) is 21.0. The van der Waals surface area contributed by atoms with Gasteiger partial charge in [-0.1, -0.05) is 65.8 Å². The molecule has 0 unspecified atom stereocenters. The number of phenolic OH excluding ortho intramolecular Hbond substituents is 2. The number of benzene rings is 2. The number of ether oxygens (including phenoxy) is 1. The molecule has 2 N–H and O–H groups in total. The number of aromatic hydroxyl groups is 2. The molecule has 4 nitrogen and oxygen atoms in total. The minimum atomic E-state index is -0.606. The Kier molecular flexibility index (Phi) is 7.70. The smallest absolute Gasteiger partial charge is 0.303 e. The highest BCUT2D eigenvalue weighted by atomic mass is 16.6. The average Bonchev–Trinajstić information content (AvgIpc) is 2.64. The van der Waals surface area contributed by atoms with Crippen molar-refractivity contribution in [2.45, 2.75) is 97.5 Å². The van der Waals surface area contributed by atoms with Crippen molar-refractivity contribution in [1.82, 2.24) is 0 Å². The fraction of sp³-hybridized carbons (Fsp3) is 0.536. The molecule has 0 aliphatic carbocycles. The van der Waals surface area contributed by atoms with E-state index in [9.17, 15) is 15.0 Å². The van der Waals surface area contributed by atoms with Gasteiger partial charge in [0.25, 0.3) is 0 Å². The van der Waals surface area contributed by atoms with E-state index >= 15 is 0 Å². The summed E-state index contributed by atoms with van der Waals surface area (Å²) in [6.07, 6.45) is 2.86. The summed E-state index contributed by atoms with van der Waals surface area (Å²) in [5.41, 5.74) is 3.17. The fourth-order valence-corrected chi connectivity index (χ4v) is 4.07. The maximum absolute atomic E-state index is 11.9. The number of hydrogen-bond donors (Lipinski definition) is 2. The molecule has 0 radical (unpaired) electrons. The predicted octanol–water partition coefficient (Wildman–Crippen LogP) is 6.58. The first kappa shape index (κ1) is 25.8. The van der Waals surface area contributed by atoms with Gasteiger partial charge in [0.2, 0.25) is 0 Å². The number of rotatable bonds is 7. The topological polar surface area (TPSA) is 66.8 Å². The van der Waals surface area contributed by atoms with Crippen LogP contribution in [0.5, 0.6) is 11.5 Å². The molecule has 0 aliphatic rings. The van der Waals surface area contributed by atoms with Crippen LogP contribution in [0.1, 0.15) is 90.5 Å². The summed E-state index contributed by atoms with van der Waals surface area (Å²) in [6, 6.07) is 11.5. The lowest BCUT2D eigenvalue weighted by molar-refractivity contribution is -0.156. The van der Waals surface area contributed by atoms with Crippen LogP contribution in [0, 0.1) is 0 Å². The highest BCUT2D eigenvalue weighted by Gasteiger charge is 2.28. The molecule has 0 heterocycles. The van der Waals surface area contributed by atoms with E-state index in [4.69, 9.17) is 4.74 Å². The normalized spacial score (nSPS) is 12.6. The zero-order chi connectivity index (χ0) is 24.3. The number of aryl methyl sites for hydroxylation is 2. The van der Waals surface area contributed by atoms with Crippen molar-refractivity contribution < 1.29 is 19.7 Å². The largest absolute Gasteiger partial charge is 0.508 e. The van der Waals surface area contributed by atoms with Crippen LogP contribution >= 0.6 is 0 Å². The Bertz CT molecular complexity index is 877. The van der Waals surface area contributed by atoms with E-state index < -0.39 is 5.60 Å². The van der Waals surface area contributed by atoms with Gasteiger partial charge in [-0.15, -0.1) is 0 Å². The lowest BCUT2D eigenvalue weighted by Crippen LogP contribution is -2.32. The van der Waals surface area contributed by atoms with Crippen LogP contribution < -0.4 is 0 Å². The van der Waals surface area contributed by atoms with Crippen LogP contribution in [0.2, 0.25) is 0 Å². The second kappa shape index (κ2) is 9.56. The average molecular weight is 441 g/mol. The third-order valence-electron chi connectivity index (χ3n) is 6.01. The van der Waals surface area contributed by atoms with Crippen molar-refractivity contribution in [1.29, 1.82) is 0 Å². The van der Waals surface area contributed by atoms with E-state index in [1.807, 2.05) is 19.1 Å². The van der Waals surface area contributed by atoms with Crippen molar-refractivity contribution in [3.05, 3.63) is 58.7 Å². The van der Waals surface area contributed by atoms with Gasteiger partial charge in [0.15, 0.2) is 0 Å². The molecule has 0 amide bonds. The molecule has 0 bridgehead atoms. The summed E-state index contributed by atoms with van der Waals surface area (Å²) in [5.74, 6) is 0.339. The van der Waals surface area contributed by atoms with Gasteiger partial charge in [-0.25, -0.2) is 0 Å². The highest BCUT2D eigenvalue weighted by molar-refractivity contribution is 5.66. The molecule has 0 aromatic heterocycles. The van der Waals surface area contributed by atoms with Gasteiger partial charge >= 0.3 is 5.97 Å². The van der Waals surface area contributed by atoms with Gasteiger partial charge in [0.05, 0.1) is 0 Å². The molecule has 0 spiro atoms. The molecule has 0 saturated carbocycles. The third-order valence-corrected chi connectivity index (χ3v) is 6.01. The minimum absolute atomic E-state index is 0.150. The lowest BCUT2D eigenvalue weighted by Gasteiger charge is -2.30. The predicted molar refractivity (Wildman–Crippen MR) is 130 cm³/mol. The number of carbonyl (C=O) groups is 1. The number of esters is 1. The summed E-state index contributed by atoms with van der Waals surface area (Å²) in [6.45, 7) is 15.9. The van der Waals surface area contributed by atoms with Crippen LogP contribution in [0.4, 0.5) is 0 Å². The van der Waals surface area contributed by atoms with Gasteiger partial charge in [0, 0.05) is 6.92 Å². The summed E-state index contributed by atoms with van der Waals surface area (Å²) in [5, 5.41) is 20.5. The number of phenols is 2. The lowest BCUT2D eigenvalue weighted by atomic mass is 9.83. The Labute approximate surface area is 193 Å². The maximum Gasteiger partial charge on any atom is 0.303 e. The molecule has 0 fully saturated rings. The van der Waals surface area contributed by atoms with E-state index in [1.54, 1.807) is 12.1 Å². The quantitative estimate of drug-likeness (QED) is 0.477. The molecular weight excluding hydrogens is 400 g/mol. The first-order valence-corrected chi connectivity index (χ1v) is 11.4. The molecule has 176 valence electrons. The Morgan fingerprint density at radius 2 is 1.12 bits per heavy atom. The van der Waals surface area contributed by atoms with Gasteiger partial charge < -0.3 is 14.9 Å². The molecule has 2 aromatic rings. The summed E-state index contributed by atoms with van der Waals surface area (Å²) in [4.78, 5) is 11.9. The Morgan fingerprint density at radius 3 is 1.44 bits per heavy atom. The second-order valence-corrected chi connectivity index (χ2v) is 11.2. The summed E-state index contributed by atoms with van der Waals surface area (Å²) < 4.78 is 5.79. The van der Waals surface area contributed by atoms with E-state index in [2.05, 4.69) is 53.7 Å². The number of carbonyl (C=O) groups excluding carboxylic acids is 1. The summed E-state index contributed by atoms with van der Waals surface area (Å²) >= 11 is 0. The molecule has 2 aromatic carbocycles. The Hall–Kier alpha value is -2.49. The second-order valence-electron chi connectivity index (χ2n) is 11.2. The maximum atomic E-state index is 11.9. The van der Waals surface area contributed by atoms with E-state index in [0.717, 1.165) is 35.1 Å². The minimum Gasteiger partial charge on any atom is -0.508 e.